The van der Waals surface area contributed by atoms with E-state index in [2.05, 4.69) is 5.32 Å². The Morgan fingerprint density at radius 3 is 2.48 bits per heavy atom. The predicted molar refractivity (Wildman–Crippen MR) is 119 cm³/mol. The molecule has 0 radical (unpaired) electrons. The van der Waals surface area contributed by atoms with E-state index in [4.69, 9.17) is 25.8 Å². The number of aryl methyl sites for hydroxylation is 1. The summed E-state index contributed by atoms with van der Waals surface area (Å²) in [5.74, 6) is 1.14. The minimum Gasteiger partial charge on any atom is -0.495 e. The van der Waals surface area contributed by atoms with Crippen LogP contribution in [0.1, 0.15) is 17.5 Å². The summed E-state index contributed by atoms with van der Waals surface area (Å²) in [7, 11) is 4.70. The fourth-order valence-electron chi connectivity index (χ4n) is 3.63. The quantitative estimate of drug-likeness (QED) is 0.669. The molecule has 31 heavy (non-hydrogen) atoms. The molecule has 1 N–H and O–H groups in total. The standard InChI is InChI=1S/C23H27ClN2O5/c1-14-9-18(20(30-3)12-17(14)24)25-23(28)16-11-22(27)26(13-16)8-7-15-5-6-19(29-2)21(10-15)31-4/h5-6,9-10,12,16H,7-8,11,13H2,1-4H3,(H,25,28). The van der Waals surface area contributed by atoms with Crippen molar-refractivity contribution in [2.75, 3.05) is 39.7 Å². The average molecular weight is 447 g/mol. The molecule has 0 saturated carbocycles. The molecule has 0 spiro atoms. The third-order valence-electron chi connectivity index (χ3n) is 5.44. The van der Waals surface area contributed by atoms with Crippen LogP contribution in [0.2, 0.25) is 5.02 Å². The van der Waals surface area contributed by atoms with Crippen LogP contribution in [0.4, 0.5) is 5.69 Å². The van der Waals surface area contributed by atoms with Gasteiger partial charge in [-0.1, -0.05) is 17.7 Å². The van der Waals surface area contributed by atoms with Crippen molar-refractivity contribution in [1.82, 2.24) is 4.90 Å². The molecule has 7 nitrogen and oxygen atoms in total. The average Bonchev–Trinajstić information content (AvgIpc) is 3.15. The SMILES string of the molecule is COc1cc(Cl)c(C)cc1NC(=O)C1CC(=O)N(CCc2ccc(OC)c(OC)c2)C1. The monoisotopic (exact) mass is 446 g/mol. The summed E-state index contributed by atoms with van der Waals surface area (Å²) < 4.78 is 15.9. The van der Waals surface area contributed by atoms with Gasteiger partial charge in [0.2, 0.25) is 11.8 Å². The van der Waals surface area contributed by atoms with Gasteiger partial charge >= 0.3 is 0 Å². The number of methoxy groups -OCH3 is 3. The van der Waals surface area contributed by atoms with Crippen molar-refractivity contribution in [2.45, 2.75) is 19.8 Å². The second-order valence-electron chi connectivity index (χ2n) is 7.47. The maximum atomic E-state index is 12.8. The van der Waals surface area contributed by atoms with E-state index in [9.17, 15) is 9.59 Å². The van der Waals surface area contributed by atoms with Crippen LogP contribution in [0.3, 0.4) is 0 Å². The number of amides is 2. The molecule has 1 atom stereocenters. The Kier molecular flexibility index (Phi) is 7.28. The lowest BCUT2D eigenvalue weighted by Crippen LogP contribution is -2.30. The van der Waals surface area contributed by atoms with E-state index < -0.39 is 5.92 Å². The number of hydrogen-bond donors (Lipinski definition) is 1. The largest absolute Gasteiger partial charge is 0.495 e. The molecule has 2 amide bonds. The van der Waals surface area contributed by atoms with E-state index in [1.165, 1.54) is 7.11 Å². The molecule has 1 aliphatic rings. The van der Waals surface area contributed by atoms with Gasteiger partial charge in [0.15, 0.2) is 11.5 Å². The zero-order valence-electron chi connectivity index (χ0n) is 18.2. The Hall–Kier alpha value is -2.93. The highest BCUT2D eigenvalue weighted by molar-refractivity contribution is 6.31. The summed E-state index contributed by atoms with van der Waals surface area (Å²) in [6, 6.07) is 9.13. The van der Waals surface area contributed by atoms with Crippen LogP contribution in [0.5, 0.6) is 17.2 Å². The molecule has 0 aromatic heterocycles. The van der Waals surface area contributed by atoms with Crippen molar-refractivity contribution >= 4 is 29.1 Å². The number of nitrogens with one attached hydrogen (secondary N) is 1. The molecule has 1 aliphatic heterocycles. The van der Waals surface area contributed by atoms with Gasteiger partial charge in [-0.2, -0.15) is 0 Å². The molecule has 1 heterocycles. The summed E-state index contributed by atoms with van der Waals surface area (Å²) in [6.45, 7) is 2.76. The highest BCUT2D eigenvalue weighted by atomic mass is 35.5. The van der Waals surface area contributed by atoms with Crippen LogP contribution in [-0.4, -0.2) is 51.1 Å². The van der Waals surface area contributed by atoms with Crippen molar-refractivity contribution in [3.8, 4) is 17.2 Å². The fraction of sp³-hybridized carbons (Fsp3) is 0.391. The van der Waals surface area contributed by atoms with Crippen LogP contribution in [-0.2, 0) is 16.0 Å². The van der Waals surface area contributed by atoms with Gasteiger partial charge in [0, 0.05) is 30.6 Å². The molecular weight excluding hydrogens is 420 g/mol. The minimum absolute atomic E-state index is 0.0279. The summed E-state index contributed by atoms with van der Waals surface area (Å²) in [6.07, 6.45) is 0.845. The fourth-order valence-corrected chi connectivity index (χ4v) is 3.78. The first kappa shape index (κ1) is 22.7. The van der Waals surface area contributed by atoms with E-state index in [1.807, 2.05) is 25.1 Å². The molecule has 8 heteroatoms. The van der Waals surface area contributed by atoms with Crippen molar-refractivity contribution in [1.29, 1.82) is 0 Å². The Labute approximate surface area is 187 Å². The van der Waals surface area contributed by atoms with Gasteiger partial charge in [-0.3, -0.25) is 9.59 Å². The number of ether oxygens (including phenoxy) is 3. The topological polar surface area (TPSA) is 77.1 Å². The van der Waals surface area contributed by atoms with E-state index in [0.29, 0.717) is 47.5 Å². The first-order valence-electron chi connectivity index (χ1n) is 10.00. The Balaban J connectivity index is 1.61. The molecule has 166 valence electrons. The van der Waals surface area contributed by atoms with Crippen molar-refractivity contribution < 1.29 is 23.8 Å². The first-order valence-corrected chi connectivity index (χ1v) is 10.4. The van der Waals surface area contributed by atoms with Gasteiger partial charge in [0.25, 0.3) is 0 Å². The molecule has 0 aliphatic carbocycles. The molecule has 2 aromatic rings. The Morgan fingerprint density at radius 1 is 1.10 bits per heavy atom. The second kappa shape index (κ2) is 9.92. The minimum atomic E-state index is -0.418. The number of benzene rings is 2. The molecule has 2 aromatic carbocycles. The van der Waals surface area contributed by atoms with Crippen molar-refractivity contribution in [3.05, 3.63) is 46.5 Å². The zero-order chi connectivity index (χ0) is 22.5. The van der Waals surface area contributed by atoms with Crippen LogP contribution in [0.25, 0.3) is 0 Å². The third kappa shape index (κ3) is 5.22. The van der Waals surface area contributed by atoms with Gasteiger partial charge < -0.3 is 24.4 Å². The van der Waals surface area contributed by atoms with Gasteiger partial charge in [-0.25, -0.2) is 0 Å². The molecule has 1 saturated heterocycles. The number of hydrogen-bond acceptors (Lipinski definition) is 5. The number of anilines is 1. The Bertz CT molecular complexity index is 979. The van der Waals surface area contributed by atoms with Crippen molar-refractivity contribution in [3.63, 3.8) is 0 Å². The Morgan fingerprint density at radius 2 is 1.81 bits per heavy atom. The summed E-state index contributed by atoms with van der Waals surface area (Å²) in [5, 5.41) is 3.44. The third-order valence-corrected chi connectivity index (χ3v) is 5.85. The highest BCUT2D eigenvalue weighted by Gasteiger charge is 2.34. The molecular formula is C23H27ClN2O5. The number of nitrogens with zero attached hydrogens (tertiary/aromatic N) is 1. The van der Waals surface area contributed by atoms with Gasteiger partial charge in [-0.15, -0.1) is 0 Å². The number of halogens is 1. The number of likely N-dealkylation sites (tertiary alicyclic amines) is 1. The number of carbonyl (C=O) groups is 2. The van der Waals surface area contributed by atoms with E-state index in [0.717, 1.165) is 11.1 Å². The van der Waals surface area contributed by atoms with E-state index in [1.54, 1.807) is 31.3 Å². The predicted octanol–water partition coefficient (Wildman–Crippen LogP) is 3.70. The smallest absolute Gasteiger partial charge is 0.229 e. The first-order chi connectivity index (χ1) is 14.9. The summed E-state index contributed by atoms with van der Waals surface area (Å²) in [5.41, 5.74) is 2.40. The maximum absolute atomic E-state index is 12.8. The van der Waals surface area contributed by atoms with Crippen molar-refractivity contribution in [2.24, 2.45) is 5.92 Å². The summed E-state index contributed by atoms with van der Waals surface area (Å²) >= 11 is 6.13. The molecule has 3 rings (SSSR count). The number of rotatable bonds is 8. The van der Waals surface area contributed by atoms with Crippen LogP contribution < -0.4 is 19.5 Å². The van der Waals surface area contributed by atoms with Gasteiger partial charge in [0.1, 0.15) is 5.75 Å². The van der Waals surface area contributed by atoms with Gasteiger partial charge in [-0.05, 0) is 42.7 Å². The van der Waals surface area contributed by atoms with E-state index >= 15 is 0 Å². The normalized spacial score (nSPS) is 15.7. The lowest BCUT2D eigenvalue weighted by molar-refractivity contribution is -0.128. The molecule has 1 fully saturated rings. The van der Waals surface area contributed by atoms with Crippen LogP contribution >= 0.6 is 11.6 Å². The van der Waals surface area contributed by atoms with E-state index in [-0.39, 0.29) is 18.2 Å². The second-order valence-corrected chi connectivity index (χ2v) is 7.88. The number of carbonyl (C=O) groups excluding carboxylic acids is 2. The van der Waals surface area contributed by atoms with Gasteiger partial charge in [0.05, 0.1) is 32.9 Å². The summed E-state index contributed by atoms with van der Waals surface area (Å²) in [4.78, 5) is 27.0. The zero-order valence-corrected chi connectivity index (χ0v) is 18.9. The lowest BCUT2D eigenvalue weighted by atomic mass is 10.1. The van der Waals surface area contributed by atoms with Crippen LogP contribution in [0.15, 0.2) is 30.3 Å². The lowest BCUT2D eigenvalue weighted by Gasteiger charge is -2.18. The molecule has 1 unspecified atom stereocenters. The maximum Gasteiger partial charge on any atom is 0.229 e. The highest BCUT2D eigenvalue weighted by Crippen LogP contribution is 2.32. The molecule has 0 bridgehead atoms. The van der Waals surface area contributed by atoms with Crippen LogP contribution in [0, 0.1) is 12.8 Å².